The van der Waals surface area contributed by atoms with E-state index in [9.17, 15) is 9.59 Å². The molecule has 0 unspecified atom stereocenters. The van der Waals surface area contributed by atoms with E-state index in [1.54, 1.807) is 0 Å². The molecule has 2 amide bonds. The van der Waals surface area contributed by atoms with E-state index in [4.69, 9.17) is 0 Å². The normalized spacial score (nSPS) is 15.1. The Morgan fingerprint density at radius 3 is 2.41 bits per heavy atom. The smallest absolute Gasteiger partial charge is 0.281 e. The number of benzene rings is 2. The molecular formula is C27H31N7O2S. The highest BCUT2D eigenvalue weighted by Crippen LogP contribution is 2.27. The number of amides is 2. The van der Waals surface area contributed by atoms with Crippen LogP contribution in [0.4, 0.5) is 5.82 Å². The van der Waals surface area contributed by atoms with Gasteiger partial charge in [0.05, 0.1) is 5.54 Å². The molecule has 0 atom stereocenters. The predicted octanol–water partition coefficient (Wildman–Crippen LogP) is 3.68. The average molecular weight is 518 g/mol. The summed E-state index contributed by atoms with van der Waals surface area (Å²) < 4.78 is 0. The molecule has 1 aliphatic rings. The first-order valence-corrected chi connectivity index (χ1v) is 13.1. The van der Waals surface area contributed by atoms with Gasteiger partial charge in [0.2, 0.25) is 0 Å². The minimum absolute atomic E-state index is 0.263. The molecule has 3 N–H and O–H groups in total. The fourth-order valence-corrected chi connectivity index (χ4v) is 5.17. The number of nitrogens with zero attached hydrogens (tertiary/aromatic N) is 4. The minimum atomic E-state index is -0.568. The van der Waals surface area contributed by atoms with Crippen LogP contribution in [-0.4, -0.2) is 70.0 Å². The lowest BCUT2D eigenvalue weighted by Gasteiger charge is -2.32. The quantitative estimate of drug-likeness (QED) is 0.345. The third-order valence-corrected chi connectivity index (χ3v) is 7.64. The number of carbonyl (C=O) groups is 2. The van der Waals surface area contributed by atoms with Gasteiger partial charge in [0.1, 0.15) is 5.52 Å². The fraction of sp³-hybridized carbons (Fsp3) is 0.333. The van der Waals surface area contributed by atoms with Gasteiger partial charge in [-0.05, 0) is 44.2 Å². The molecule has 5 rings (SSSR count). The van der Waals surface area contributed by atoms with Crippen LogP contribution in [-0.2, 0) is 12.1 Å². The lowest BCUT2D eigenvalue weighted by molar-refractivity contribution is 0.0911. The maximum atomic E-state index is 13.0. The summed E-state index contributed by atoms with van der Waals surface area (Å²) in [5.74, 6) is -0.176. The topological polar surface area (TPSA) is 106 Å². The Morgan fingerprint density at radius 2 is 1.70 bits per heavy atom. The zero-order chi connectivity index (χ0) is 26.0. The highest BCUT2D eigenvalue weighted by Gasteiger charge is 2.26. The molecule has 0 saturated carbocycles. The summed E-state index contributed by atoms with van der Waals surface area (Å²) in [5.41, 5.74) is 2.61. The van der Waals surface area contributed by atoms with Crippen LogP contribution in [0.3, 0.4) is 0 Å². The molecule has 2 aromatic carbocycles. The van der Waals surface area contributed by atoms with E-state index in [2.05, 4.69) is 42.7 Å². The van der Waals surface area contributed by atoms with Crippen molar-refractivity contribution in [3.8, 4) is 0 Å². The number of hydrogen-bond donors (Lipinski definition) is 3. The van der Waals surface area contributed by atoms with Gasteiger partial charge in [-0.1, -0.05) is 53.8 Å². The van der Waals surface area contributed by atoms with Gasteiger partial charge in [-0.25, -0.2) is 4.98 Å². The van der Waals surface area contributed by atoms with E-state index in [0.717, 1.165) is 38.3 Å². The van der Waals surface area contributed by atoms with Crippen LogP contribution in [0.25, 0.3) is 10.3 Å². The number of nitrogens with one attached hydrogen (secondary N) is 3. The number of likely N-dealkylation sites (N-methyl/N-ethyl adjacent to an activating group) is 1. The van der Waals surface area contributed by atoms with Gasteiger partial charge in [-0.15, -0.1) is 0 Å². The van der Waals surface area contributed by atoms with Gasteiger partial charge < -0.3 is 15.5 Å². The summed E-state index contributed by atoms with van der Waals surface area (Å²) in [4.78, 5) is 35.6. The maximum Gasteiger partial charge on any atom is 0.281 e. The minimum Gasteiger partial charge on any atom is -0.341 e. The van der Waals surface area contributed by atoms with E-state index < -0.39 is 5.54 Å². The Kier molecular flexibility index (Phi) is 7.05. The zero-order valence-electron chi connectivity index (χ0n) is 21.2. The van der Waals surface area contributed by atoms with Crippen LogP contribution in [0.15, 0.2) is 54.6 Å². The highest BCUT2D eigenvalue weighted by atomic mass is 32.1. The molecule has 1 fully saturated rings. The van der Waals surface area contributed by atoms with E-state index in [-0.39, 0.29) is 11.8 Å². The van der Waals surface area contributed by atoms with Gasteiger partial charge in [0.15, 0.2) is 15.7 Å². The Morgan fingerprint density at radius 1 is 1.00 bits per heavy atom. The molecule has 10 heteroatoms. The zero-order valence-corrected chi connectivity index (χ0v) is 22.1. The van der Waals surface area contributed by atoms with Gasteiger partial charge in [0.25, 0.3) is 11.8 Å². The van der Waals surface area contributed by atoms with Crippen LogP contribution in [0.5, 0.6) is 0 Å². The van der Waals surface area contributed by atoms with Gasteiger partial charge >= 0.3 is 0 Å². The molecule has 192 valence electrons. The Hall–Kier alpha value is -3.60. The molecule has 0 aliphatic carbocycles. The van der Waals surface area contributed by atoms with E-state index in [1.807, 2.05) is 68.4 Å². The third kappa shape index (κ3) is 5.71. The first-order valence-electron chi connectivity index (χ1n) is 12.3. The number of carbonyl (C=O) groups excluding carboxylic acids is 2. The molecule has 4 aromatic rings. The van der Waals surface area contributed by atoms with Crippen molar-refractivity contribution in [3.05, 3.63) is 76.3 Å². The van der Waals surface area contributed by atoms with E-state index >= 15 is 0 Å². The summed E-state index contributed by atoms with van der Waals surface area (Å²) in [6, 6.07) is 17.4. The molecule has 1 aliphatic heterocycles. The number of aromatic amines is 1. The number of fused-ring (bicyclic) bond motifs is 1. The lowest BCUT2D eigenvalue weighted by atomic mass is 9.94. The number of anilines is 1. The van der Waals surface area contributed by atoms with Crippen molar-refractivity contribution in [2.45, 2.75) is 25.9 Å². The van der Waals surface area contributed by atoms with Gasteiger partial charge in [-0.2, -0.15) is 5.10 Å². The number of hydrogen-bond acceptors (Lipinski definition) is 7. The van der Waals surface area contributed by atoms with Crippen molar-refractivity contribution < 1.29 is 9.59 Å². The fourth-order valence-electron chi connectivity index (χ4n) is 4.37. The number of piperazine rings is 1. The van der Waals surface area contributed by atoms with Gasteiger partial charge in [-0.3, -0.25) is 19.6 Å². The Balaban J connectivity index is 1.23. The first kappa shape index (κ1) is 25.1. The molecular weight excluding hydrogens is 486 g/mol. The van der Waals surface area contributed by atoms with Crippen LogP contribution in [0.1, 0.15) is 45.1 Å². The summed E-state index contributed by atoms with van der Waals surface area (Å²) >= 11 is 1.18. The summed E-state index contributed by atoms with van der Waals surface area (Å²) in [7, 11) is 2.14. The van der Waals surface area contributed by atoms with Crippen molar-refractivity contribution >= 4 is 39.3 Å². The average Bonchev–Trinajstić information content (AvgIpc) is 3.48. The molecule has 0 bridgehead atoms. The third-order valence-electron chi connectivity index (χ3n) is 6.69. The van der Waals surface area contributed by atoms with Crippen LogP contribution in [0, 0.1) is 0 Å². The Bertz CT molecular complexity index is 1390. The van der Waals surface area contributed by atoms with Crippen molar-refractivity contribution in [3.63, 3.8) is 0 Å². The van der Waals surface area contributed by atoms with Crippen LogP contribution >= 0.6 is 11.3 Å². The molecule has 37 heavy (non-hydrogen) atoms. The Labute approximate surface area is 219 Å². The second-order valence-electron chi connectivity index (χ2n) is 9.95. The van der Waals surface area contributed by atoms with Crippen LogP contribution in [0.2, 0.25) is 0 Å². The number of H-pyrrole nitrogens is 1. The largest absolute Gasteiger partial charge is 0.341 e. The summed E-state index contributed by atoms with van der Waals surface area (Å²) in [6.07, 6.45) is 0. The van der Waals surface area contributed by atoms with E-state index in [1.165, 1.54) is 16.9 Å². The number of rotatable bonds is 7. The molecule has 0 radical (unpaired) electrons. The molecule has 9 nitrogen and oxygen atoms in total. The first-order chi connectivity index (χ1) is 17.8. The predicted molar refractivity (Wildman–Crippen MR) is 146 cm³/mol. The van der Waals surface area contributed by atoms with Crippen molar-refractivity contribution in [2.75, 3.05) is 38.5 Å². The van der Waals surface area contributed by atoms with Crippen molar-refractivity contribution in [1.29, 1.82) is 0 Å². The van der Waals surface area contributed by atoms with Crippen molar-refractivity contribution in [2.24, 2.45) is 0 Å². The summed E-state index contributed by atoms with van der Waals surface area (Å²) in [6.45, 7) is 9.01. The number of thiazole rings is 1. The standard InChI is InChI=1S/C27H31N7O2S/c1-27(2,20-7-5-4-6-8-20)30-24(36)26-28-21-22(31-32-25(21)37-26)29-23(35)19-11-9-18(10-12-19)17-34-15-13-33(3)14-16-34/h4-12H,13-17H2,1-3H3,(H,30,36)(H2,29,31,32,35). The SMILES string of the molecule is CN1CCN(Cc2ccc(C(=O)Nc3[nH]nc4sc(C(=O)NC(C)(C)c5ccccc5)nc34)cc2)CC1. The number of aromatic nitrogens is 3. The van der Waals surface area contributed by atoms with Crippen LogP contribution < -0.4 is 10.6 Å². The van der Waals surface area contributed by atoms with Gasteiger partial charge in [0, 0.05) is 38.3 Å². The molecule has 2 aromatic heterocycles. The van der Waals surface area contributed by atoms with E-state index in [0.29, 0.717) is 26.7 Å². The second-order valence-corrected chi connectivity index (χ2v) is 10.9. The molecule has 1 saturated heterocycles. The lowest BCUT2D eigenvalue weighted by Crippen LogP contribution is -2.43. The summed E-state index contributed by atoms with van der Waals surface area (Å²) in [5, 5.41) is 13.2. The molecule has 0 spiro atoms. The monoisotopic (exact) mass is 517 g/mol. The maximum absolute atomic E-state index is 13.0. The highest BCUT2D eigenvalue weighted by molar-refractivity contribution is 7.20. The molecule has 3 heterocycles. The second kappa shape index (κ2) is 10.4. The van der Waals surface area contributed by atoms with Crippen molar-refractivity contribution in [1.82, 2.24) is 30.3 Å².